The van der Waals surface area contributed by atoms with Gasteiger partial charge in [-0.1, -0.05) is 65.3 Å². The Morgan fingerprint density at radius 1 is 1.00 bits per heavy atom. The number of aryl methyl sites for hydroxylation is 2. The van der Waals surface area contributed by atoms with Crippen molar-refractivity contribution in [2.45, 2.75) is 25.3 Å². The zero-order chi connectivity index (χ0) is 24.3. The number of para-hydroxylation sites is 1. The fraction of sp³-hybridized carbons (Fsp3) is 0.120. The fourth-order valence-corrected chi connectivity index (χ4v) is 5.42. The van der Waals surface area contributed by atoms with Crippen LogP contribution in [0.15, 0.2) is 88.3 Å². The Kier molecular flexibility index (Phi) is 6.72. The Hall–Kier alpha value is -3.62. The van der Waals surface area contributed by atoms with Crippen LogP contribution >= 0.6 is 11.6 Å². The molecule has 4 rings (SSSR count). The molecule has 7 nitrogen and oxygen atoms in total. The molecular weight excluding hydrogens is 474 g/mol. The van der Waals surface area contributed by atoms with Crippen molar-refractivity contribution in [2.24, 2.45) is 0 Å². The minimum absolute atomic E-state index is 0.0166. The van der Waals surface area contributed by atoms with Crippen LogP contribution in [0.2, 0.25) is 5.02 Å². The van der Waals surface area contributed by atoms with Crippen LogP contribution in [-0.4, -0.2) is 19.5 Å². The molecule has 0 saturated heterocycles. The molecule has 0 aliphatic rings. The zero-order valence-electron chi connectivity index (χ0n) is 18.5. The van der Waals surface area contributed by atoms with E-state index in [4.69, 9.17) is 16.1 Å². The van der Waals surface area contributed by atoms with Crippen molar-refractivity contribution in [2.75, 3.05) is 9.62 Å². The predicted octanol–water partition coefficient (Wildman–Crippen LogP) is 5.59. The maximum absolute atomic E-state index is 13.8. The van der Waals surface area contributed by atoms with Gasteiger partial charge >= 0.3 is 0 Å². The van der Waals surface area contributed by atoms with Gasteiger partial charge in [-0.25, -0.2) is 8.42 Å². The highest BCUT2D eigenvalue weighted by atomic mass is 35.5. The molecule has 34 heavy (non-hydrogen) atoms. The molecule has 0 radical (unpaired) electrons. The second-order valence-corrected chi connectivity index (χ2v) is 9.87. The summed E-state index contributed by atoms with van der Waals surface area (Å²) in [5.74, 6) is -0.0531. The van der Waals surface area contributed by atoms with Crippen molar-refractivity contribution in [3.8, 4) is 0 Å². The highest BCUT2D eigenvalue weighted by molar-refractivity contribution is 7.93. The zero-order valence-corrected chi connectivity index (χ0v) is 20.1. The summed E-state index contributed by atoms with van der Waals surface area (Å²) in [4.78, 5) is 12.7. The van der Waals surface area contributed by atoms with E-state index in [1.165, 1.54) is 22.5 Å². The van der Waals surface area contributed by atoms with Crippen LogP contribution in [0.4, 0.5) is 11.4 Å². The first-order chi connectivity index (χ1) is 16.3. The summed E-state index contributed by atoms with van der Waals surface area (Å²) >= 11 is 6.35. The topological polar surface area (TPSA) is 92.5 Å². The summed E-state index contributed by atoms with van der Waals surface area (Å²) in [5, 5.41) is 6.56. The van der Waals surface area contributed by atoms with E-state index in [0.717, 1.165) is 5.56 Å². The number of hydrogen-bond donors (Lipinski definition) is 1. The van der Waals surface area contributed by atoms with Crippen LogP contribution in [0.3, 0.4) is 0 Å². The Balaban J connectivity index is 1.74. The van der Waals surface area contributed by atoms with E-state index < -0.39 is 15.9 Å². The van der Waals surface area contributed by atoms with Crippen LogP contribution < -0.4 is 9.62 Å². The van der Waals surface area contributed by atoms with E-state index in [0.29, 0.717) is 22.8 Å². The number of hydrogen-bond acceptors (Lipinski definition) is 5. The van der Waals surface area contributed by atoms with Crippen molar-refractivity contribution >= 4 is 38.9 Å². The molecule has 174 valence electrons. The number of nitrogens with one attached hydrogen (secondary N) is 1. The minimum atomic E-state index is -4.13. The van der Waals surface area contributed by atoms with Gasteiger partial charge in [0.1, 0.15) is 16.3 Å². The first-order valence-corrected chi connectivity index (χ1v) is 12.2. The van der Waals surface area contributed by atoms with Gasteiger partial charge in [0.25, 0.3) is 15.9 Å². The highest BCUT2D eigenvalue weighted by Crippen LogP contribution is 2.31. The number of carbonyl (C=O) groups is 1. The van der Waals surface area contributed by atoms with E-state index >= 15 is 0 Å². The third kappa shape index (κ3) is 4.83. The molecule has 0 aliphatic carbocycles. The Morgan fingerprint density at radius 2 is 1.65 bits per heavy atom. The molecule has 0 saturated carbocycles. The van der Waals surface area contributed by atoms with E-state index in [1.54, 1.807) is 38.1 Å². The largest absolute Gasteiger partial charge is 0.359 e. The summed E-state index contributed by atoms with van der Waals surface area (Å²) < 4.78 is 34.0. The molecule has 0 atom stereocenters. The van der Waals surface area contributed by atoms with Crippen LogP contribution in [0.25, 0.3) is 0 Å². The van der Waals surface area contributed by atoms with Gasteiger partial charge < -0.3 is 9.84 Å². The first-order valence-electron chi connectivity index (χ1n) is 10.4. The van der Waals surface area contributed by atoms with Gasteiger partial charge in [-0.05, 0) is 49.7 Å². The average Bonchev–Trinajstić information content (AvgIpc) is 3.15. The van der Waals surface area contributed by atoms with E-state index in [2.05, 4.69) is 10.5 Å². The number of sulfonamides is 1. The van der Waals surface area contributed by atoms with Gasteiger partial charge in [-0.3, -0.25) is 9.10 Å². The van der Waals surface area contributed by atoms with Crippen molar-refractivity contribution in [1.82, 2.24) is 5.16 Å². The van der Waals surface area contributed by atoms with E-state index in [1.807, 2.05) is 36.4 Å². The molecular formula is C25H22ClN3O4S. The lowest BCUT2D eigenvalue weighted by atomic mass is 10.2. The number of nitrogens with zero attached hydrogens (tertiary/aromatic N) is 2. The van der Waals surface area contributed by atoms with Crippen molar-refractivity contribution < 1.29 is 17.7 Å². The smallest absolute Gasteiger partial charge is 0.266 e. The number of amides is 1. The fourth-order valence-electron chi connectivity index (χ4n) is 3.47. The lowest BCUT2D eigenvalue weighted by molar-refractivity contribution is 0.102. The van der Waals surface area contributed by atoms with Gasteiger partial charge in [0.05, 0.1) is 17.3 Å². The summed E-state index contributed by atoms with van der Waals surface area (Å²) in [6.07, 6.45) is 0. The molecule has 0 unspecified atom stereocenters. The number of carbonyl (C=O) groups excluding carboxylic acids is 1. The Bertz CT molecular complexity index is 1400. The normalized spacial score (nSPS) is 11.3. The van der Waals surface area contributed by atoms with E-state index in [9.17, 15) is 13.2 Å². The van der Waals surface area contributed by atoms with Gasteiger partial charge in [0, 0.05) is 5.56 Å². The van der Waals surface area contributed by atoms with Crippen molar-refractivity contribution in [1.29, 1.82) is 0 Å². The maximum atomic E-state index is 13.8. The molecule has 4 aromatic rings. The third-order valence-electron chi connectivity index (χ3n) is 5.25. The Labute approximate surface area is 203 Å². The van der Waals surface area contributed by atoms with Gasteiger partial charge in [0.2, 0.25) is 0 Å². The third-order valence-corrected chi connectivity index (χ3v) is 7.50. The van der Waals surface area contributed by atoms with Crippen LogP contribution in [0, 0.1) is 13.8 Å². The predicted molar refractivity (Wildman–Crippen MR) is 132 cm³/mol. The molecule has 3 aromatic carbocycles. The molecule has 1 aromatic heterocycles. The van der Waals surface area contributed by atoms with E-state index in [-0.39, 0.29) is 22.0 Å². The van der Waals surface area contributed by atoms with Crippen LogP contribution in [0.5, 0.6) is 0 Å². The molecule has 9 heteroatoms. The second-order valence-electron chi connectivity index (χ2n) is 7.63. The number of rotatable bonds is 7. The standard InChI is InChI=1S/C25H22ClN3O4S/c1-17-24(18(2)33-28-17)27-25(30)20-13-14-22(26)23(15-20)34(31,32)29(21-11-7-4-8-12-21)16-19-9-5-3-6-10-19/h3-15H,16H2,1-2H3,(H,27,30). The lowest BCUT2D eigenvalue weighted by Gasteiger charge is -2.25. The number of anilines is 2. The van der Waals surface area contributed by atoms with Gasteiger partial charge in [0.15, 0.2) is 5.76 Å². The monoisotopic (exact) mass is 495 g/mol. The molecule has 0 fully saturated rings. The van der Waals surface area contributed by atoms with Crippen molar-refractivity contribution in [3.05, 3.63) is 106 Å². The summed E-state index contributed by atoms with van der Waals surface area (Å²) in [5.41, 5.74) is 2.38. The van der Waals surface area contributed by atoms with Gasteiger partial charge in [-0.15, -0.1) is 0 Å². The summed E-state index contributed by atoms with van der Waals surface area (Å²) in [7, 11) is -4.13. The lowest BCUT2D eigenvalue weighted by Crippen LogP contribution is -2.31. The molecule has 0 spiro atoms. The molecule has 1 amide bonds. The number of benzene rings is 3. The average molecular weight is 496 g/mol. The SMILES string of the molecule is Cc1noc(C)c1NC(=O)c1ccc(Cl)c(S(=O)(=O)N(Cc2ccccc2)c2ccccc2)c1. The second kappa shape index (κ2) is 9.70. The van der Waals surface area contributed by atoms with Gasteiger partial charge in [-0.2, -0.15) is 0 Å². The number of aromatic nitrogens is 1. The summed E-state index contributed by atoms with van der Waals surface area (Å²) in [6.45, 7) is 3.47. The maximum Gasteiger partial charge on any atom is 0.266 e. The molecule has 0 bridgehead atoms. The van der Waals surface area contributed by atoms with Crippen LogP contribution in [0.1, 0.15) is 27.4 Å². The van der Waals surface area contributed by atoms with Crippen molar-refractivity contribution in [3.63, 3.8) is 0 Å². The quantitative estimate of drug-likeness (QED) is 0.360. The number of halogens is 1. The first kappa shape index (κ1) is 23.5. The highest BCUT2D eigenvalue weighted by Gasteiger charge is 2.29. The minimum Gasteiger partial charge on any atom is -0.359 e. The molecule has 1 N–H and O–H groups in total. The van der Waals surface area contributed by atoms with Crippen LogP contribution in [-0.2, 0) is 16.6 Å². The summed E-state index contributed by atoms with van der Waals surface area (Å²) in [6, 6.07) is 22.2. The molecule has 0 aliphatic heterocycles. The Morgan fingerprint density at radius 3 is 2.26 bits per heavy atom. The molecule has 1 heterocycles.